The van der Waals surface area contributed by atoms with Gasteiger partial charge < -0.3 is 5.11 Å². The van der Waals surface area contributed by atoms with Crippen molar-refractivity contribution in [1.29, 1.82) is 0 Å². The molecule has 0 aliphatic heterocycles. The maximum Gasteiger partial charge on any atom is 0.307 e. The standard InChI is InChI=1S/C9H8N2O5S2/c1-18(15,16)9-10-7(14)6-4(2-5(12)13)3-17-8(6)11-9/h3H,2H2,1H3,(H,12,13)(H,10,11,14). The minimum absolute atomic E-state index is 0.134. The van der Waals surface area contributed by atoms with Crippen molar-refractivity contribution in [3.05, 3.63) is 21.3 Å². The second-order valence-corrected chi connectivity index (χ2v) is 6.44. The van der Waals surface area contributed by atoms with Crippen LogP contribution >= 0.6 is 11.3 Å². The van der Waals surface area contributed by atoms with E-state index in [0.29, 0.717) is 5.56 Å². The maximum atomic E-state index is 11.8. The lowest BCUT2D eigenvalue weighted by Crippen LogP contribution is -2.15. The Balaban J connectivity index is 2.72. The summed E-state index contributed by atoms with van der Waals surface area (Å²) in [5.74, 6) is -1.07. The molecule has 0 radical (unpaired) electrons. The highest BCUT2D eigenvalue weighted by molar-refractivity contribution is 7.90. The first-order valence-corrected chi connectivity index (χ1v) is 7.48. The average molecular weight is 288 g/mol. The fourth-order valence-electron chi connectivity index (χ4n) is 1.46. The van der Waals surface area contributed by atoms with E-state index in [4.69, 9.17) is 5.11 Å². The first-order chi connectivity index (χ1) is 8.29. The summed E-state index contributed by atoms with van der Waals surface area (Å²) in [7, 11) is -3.61. The predicted octanol–water partition coefficient (Wildman–Crippen LogP) is 0.0152. The third-order valence-electron chi connectivity index (χ3n) is 2.19. The number of hydrogen-bond acceptors (Lipinski definition) is 6. The summed E-state index contributed by atoms with van der Waals surface area (Å²) < 4.78 is 22.6. The molecule has 0 saturated carbocycles. The molecule has 7 nitrogen and oxygen atoms in total. The number of nitrogens with one attached hydrogen (secondary N) is 1. The predicted molar refractivity (Wildman–Crippen MR) is 64.7 cm³/mol. The SMILES string of the molecule is CS(=O)(=O)c1nc2scc(CC(=O)O)c2c(=O)[nH]1. The molecule has 0 spiro atoms. The Morgan fingerprint density at radius 3 is 2.78 bits per heavy atom. The minimum Gasteiger partial charge on any atom is -0.481 e. The topological polar surface area (TPSA) is 117 Å². The Kier molecular flexibility index (Phi) is 2.95. The summed E-state index contributed by atoms with van der Waals surface area (Å²) in [6.45, 7) is 0. The van der Waals surface area contributed by atoms with E-state index in [1.54, 1.807) is 0 Å². The summed E-state index contributed by atoms with van der Waals surface area (Å²) in [6.07, 6.45) is 0.631. The molecule has 0 saturated heterocycles. The van der Waals surface area contributed by atoms with Crippen molar-refractivity contribution >= 4 is 37.4 Å². The van der Waals surface area contributed by atoms with E-state index in [0.717, 1.165) is 17.6 Å². The zero-order chi connectivity index (χ0) is 13.5. The number of rotatable bonds is 3. The molecule has 0 aliphatic carbocycles. The molecule has 0 aromatic carbocycles. The fourth-order valence-corrected chi connectivity index (χ4v) is 2.99. The number of aromatic nitrogens is 2. The number of aliphatic carboxylic acids is 1. The molecule has 9 heteroatoms. The minimum atomic E-state index is -3.61. The van der Waals surface area contributed by atoms with E-state index < -0.39 is 26.5 Å². The van der Waals surface area contributed by atoms with Crippen molar-refractivity contribution < 1.29 is 18.3 Å². The first-order valence-electron chi connectivity index (χ1n) is 4.71. The van der Waals surface area contributed by atoms with Gasteiger partial charge in [0.05, 0.1) is 11.8 Å². The molecular formula is C9H8N2O5S2. The van der Waals surface area contributed by atoms with Gasteiger partial charge in [-0.25, -0.2) is 13.4 Å². The van der Waals surface area contributed by atoms with Gasteiger partial charge in [-0.3, -0.25) is 14.6 Å². The van der Waals surface area contributed by atoms with E-state index >= 15 is 0 Å². The molecule has 0 aliphatic rings. The highest BCUT2D eigenvalue weighted by atomic mass is 32.2. The van der Waals surface area contributed by atoms with Crippen LogP contribution in [0.4, 0.5) is 0 Å². The molecule has 18 heavy (non-hydrogen) atoms. The van der Waals surface area contributed by atoms with Crippen LogP contribution in [0.1, 0.15) is 5.56 Å². The Bertz CT molecular complexity index is 787. The molecule has 2 rings (SSSR count). The third-order valence-corrected chi connectivity index (χ3v) is 4.01. The van der Waals surface area contributed by atoms with Gasteiger partial charge >= 0.3 is 5.97 Å². The van der Waals surface area contributed by atoms with E-state index in [1.165, 1.54) is 5.38 Å². The molecule has 96 valence electrons. The highest BCUT2D eigenvalue weighted by Crippen LogP contribution is 2.22. The van der Waals surface area contributed by atoms with Crippen LogP contribution < -0.4 is 5.56 Å². The summed E-state index contributed by atoms with van der Waals surface area (Å²) in [4.78, 5) is 28.6. The molecule has 0 amide bonds. The highest BCUT2D eigenvalue weighted by Gasteiger charge is 2.17. The van der Waals surface area contributed by atoms with Gasteiger partial charge in [0.15, 0.2) is 0 Å². The molecule has 0 unspecified atom stereocenters. The van der Waals surface area contributed by atoms with E-state index in [9.17, 15) is 18.0 Å². The Labute approximate surface area is 105 Å². The lowest BCUT2D eigenvalue weighted by molar-refractivity contribution is -0.136. The van der Waals surface area contributed by atoms with Gasteiger partial charge in [-0.2, -0.15) is 0 Å². The Morgan fingerprint density at radius 2 is 2.22 bits per heavy atom. The average Bonchev–Trinajstić information content (AvgIpc) is 2.59. The van der Waals surface area contributed by atoms with Crippen molar-refractivity contribution in [2.24, 2.45) is 0 Å². The lowest BCUT2D eigenvalue weighted by atomic mass is 10.2. The van der Waals surface area contributed by atoms with Crippen LogP contribution in [0, 0.1) is 0 Å². The number of carbonyl (C=O) groups is 1. The number of hydrogen-bond donors (Lipinski definition) is 2. The van der Waals surface area contributed by atoms with Crippen LogP contribution in [0.5, 0.6) is 0 Å². The molecule has 0 fully saturated rings. The van der Waals surface area contributed by atoms with Crippen LogP contribution in [0.2, 0.25) is 0 Å². The summed E-state index contributed by atoms with van der Waals surface area (Å²) >= 11 is 1.04. The molecule has 2 N–H and O–H groups in total. The summed E-state index contributed by atoms with van der Waals surface area (Å²) in [5, 5.41) is 9.91. The number of carboxylic acids is 1. The quantitative estimate of drug-likeness (QED) is 0.769. The van der Waals surface area contributed by atoms with E-state index in [2.05, 4.69) is 9.97 Å². The van der Waals surface area contributed by atoms with Gasteiger partial charge in [0.2, 0.25) is 15.0 Å². The molecular weight excluding hydrogens is 280 g/mol. The summed E-state index contributed by atoms with van der Waals surface area (Å²) in [5.41, 5.74) is -0.311. The fraction of sp³-hybridized carbons (Fsp3) is 0.222. The van der Waals surface area contributed by atoms with Gasteiger partial charge in [0.25, 0.3) is 5.56 Å². The zero-order valence-corrected chi connectivity index (χ0v) is 10.8. The zero-order valence-electron chi connectivity index (χ0n) is 9.13. The van der Waals surface area contributed by atoms with Crippen LogP contribution in [0.15, 0.2) is 15.3 Å². The summed E-state index contributed by atoms with van der Waals surface area (Å²) in [6, 6.07) is 0. The van der Waals surface area contributed by atoms with Crippen molar-refractivity contribution in [2.75, 3.05) is 6.26 Å². The first kappa shape index (κ1) is 12.7. The molecule has 0 bridgehead atoms. The van der Waals surface area contributed by atoms with Crippen LogP contribution in [-0.2, 0) is 21.1 Å². The Hall–Kier alpha value is -1.74. The number of H-pyrrole nitrogens is 1. The number of carboxylic acid groups (broad SMARTS) is 1. The number of nitrogens with zero attached hydrogens (tertiary/aromatic N) is 1. The van der Waals surface area contributed by atoms with Crippen molar-refractivity contribution in [3.8, 4) is 0 Å². The lowest BCUT2D eigenvalue weighted by Gasteiger charge is -1.98. The maximum absolute atomic E-state index is 11.8. The van der Waals surface area contributed by atoms with Crippen LogP contribution in [0.3, 0.4) is 0 Å². The van der Waals surface area contributed by atoms with Gasteiger partial charge in [0, 0.05) is 6.26 Å². The second kappa shape index (κ2) is 4.18. The largest absolute Gasteiger partial charge is 0.481 e. The van der Waals surface area contributed by atoms with E-state index in [-0.39, 0.29) is 16.6 Å². The van der Waals surface area contributed by atoms with Crippen molar-refractivity contribution in [1.82, 2.24) is 9.97 Å². The van der Waals surface area contributed by atoms with Crippen LogP contribution in [-0.4, -0.2) is 35.7 Å². The van der Waals surface area contributed by atoms with Gasteiger partial charge in [-0.05, 0) is 10.9 Å². The van der Waals surface area contributed by atoms with Gasteiger partial charge in [0.1, 0.15) is 4.83 Å². The molecule has 2 heterocycles. The number of thiophene rings is 1. The normalized spacial score (nSPS) is 11.8. The van der Waals surface area contributed by atoms with Gasteiger partial charge in [-0.1, -0.05) is 0 Å². The van der Waals surface area contributed by atoms with Crippen molar-refractivity contribution in [3.63, 3.8) is 0 Å². The monoisotopic (exact) mass is 288 g/mol. The smallest absolute Gasteiger partial charge is 0.307 e. The van der Waals surface area contributed by atoms with Crippen molar-refractivity contribution in [2.45, 2.75) is 11.6 Å². The number of aromatic amines is 1. The van der Waals surface area contributed by atoms with Gasteiger partial charge in [-0.15, -0.1) is 11.3 Å². The Morgan fingerprint density at radius 1 is 1.56 bits per heavy atom. The van der Waals surface area contributed by atoms with Crippen LogP contribution in [0.25, 0.3) is 10.2 Å². The molecule has 2 aromatic heterocycles. The third kappa shape index (κ3) is 2.27. The second-order valence-electron chi connectivity index (χ2n) is 3.65. The van der Waals surface area contributed by atoms with E-state index in [1.807, 2.05) is 0 Å². The number of sulfone groups is 1. The molecule has 0 atom stereocenters. The number of fused-ring (bicyclic) bond motifs is 1. The molecule has 2 aromatic rings.